The first-order valence-corrected chi connectivity index (χ1v) is 6.23. The molecule has 0 heterocycles. The van der Waals surface area contributed by atoms with Crippen LogP contribution in [-0.2, 0) is 0 Å². The van der Waals surface area contributed by atoms with Crippen molar-refractivity contribution < 1.29 is 5.11 Å². The highest BCUT2D eigenvalue weighted by Crippen LogP contribution is 2.31. The van der Waals surface area contributed by atoms with Crippen molar-refractivity contribution in [3.63, 3.8) is 0 Å². The van der Waals surface area contributed by atoms with Crippen LogP contribution in [0.3, 0.4) is 0 Å². The van der Waals surface area contributed by atoms with E-state index in [0.717, 1.165) is 31.2 Å². The lowest BCUT2D eigenvalue weighted by atomic mass is 9.87. The highest BCUT2D eigenvalue weighted by atomic mass is 16.3. The molecule has 2 aliphatic carbocycles. The molecule has 0 spiro atoms. The molecular formula is C12H23NO. The number of hydrogen-bond donors (Lipinski definition) is 2. The highest BCUT2D eigenvalue weighted by Gasteiger charge is 2.21. The second-order valence-corrected chi connectivity index (χ2v) is 5.12. The lowest BCUT2D eigenvalue weighted by Crippen LogP contribution is -2.29. The Kier molecular flexibility index (Phi) is 3.82. The first-order valence-electron chi connectivity index (χ1n) is 6.23. The van der Waals surface area contributed by atoms with Crippen LogP contribution in [0.25, 0.3) is 0 Å². The maximum atomic E-state index is 9.51. The van der Waals surface area contributed by atoms with E-state index in [1.807, 2.05) is 0 Å². The summed E-state index contributed by atoms with van der Waals surface area (Å²) in [5.41, 5.74) is 0. The largest absolute Gasteiger partial charge is 0.393 e. The van der Waals surface area contributed by atoms with Crippen molar-refractivity contribution in [1.82, 2.24) is 5.32 Å². The van der Waals surface area contributed by atoms with Crippen molar-refractivity contribution in [2.24, 2.45) is 11.8 Å². The molecule has 2 rings (SSSR count). The maximum absolute atomic E-state index is 9.51. The predicted octanol–water partition coefficient (Wildman–Crippen LogP) is 1.93. The highest BCUT2D eigenvalue weighted by molar-refractivity contribution is 4.76. The van der Waals surface area contributed by atoms with Crippen molar-refractivity contribution in [2.75, 3.05) is 13.1 Å². The molecule has 2 aliphatic rings. The molecule has 2 fully saturated rings. The summed E-state index contributed by atoms with van der Waals surface area (Å²) in [5, 5.41) is 13.0. The molecule has 82 valence electrons. The Balaban J connectivity index is 1.50. The van der Waals surface area contributed by atoms with Gasteiger partial charge in [0.05, 0.1) is 6.10 Å². The van der Waals surface area contributed by atoms with Crippen molar-refractivity contribution in [1.29, 1.82) is 0 Å². The number of aliphatic hydroxyl groups is 1. The van der Waals surface area contributed by atoms with E-state index >= 15 is 0 Å². The minimum Gasteiger partial charge on any atom is -0.393 e. The monoisotopic (exact) mass is 197 g/mol. The molecule has 2 N–H and O–H groups in total. The van der Waals surface area contributed by atoms with Gasteiger partial charge in [-0.3, -0.25) is 0 Å². The molecule has 0 aliphatic heterocycles. The van der Waals surface area contributed by atoms with Crippen LogP contribution in [0, 0.1) is 11.8 Å². The van der Waals surface area contributed by atoms with Gasteiger partial charge in [-0.05, 0) is 50.6 Å². The van der Waals surface area contributed by atoms with E-state index in [1.54, 1.807) is 0 Å². The van der Waals surface area contributed by atoms with Gasteiger partial charge in [0.1, 0.15) is 0 Å². The van der Waals surface area contributed by atoms with Crippen LogP contribution in [0.1, 0.15) is 44.9 Å². The van der Waals surface area contributed by atoms with Gasteiger partial charge in [-0.2, -0.15) is 0 Å². The van der Waals surface area contributed by atoms with Gasteiger partial charge < -0.3 is 10.4 Å². The van der Waals surface area contributed by atoms with Crippen LogP contribution in [0.4, 0.5) is 0 Å². The summed E-state index contributed by atoms with van der Waals surface area (Å²) < 4.78 is 0. The first kappa shape index (κ1) is 10.4. The maximum Gasteiger partial charge on any atom is 0.0543 e. The SMILES string of the molecule is OC1CCCC(CNCCC2CC2)C1. The van der Waals surface area contributed by atoms with Crippen LogP contribution in [0.2, 0.25) is 0 Å². The molecule has 0 aromatic rings. The number of aliphatic hydroxyl groups excluding tert-OH is 1. The van der Waals surface area contributed by atoms with Crippen LogP contribution < -0.4 is 5.32 Å². The molecular weight excluding hydrogens is 174 g/mol. The molecule has 2 heteroatoms. The van der Waals surface area contributed by atoms with E-state index in [2.05, 4.69) is 5.32 Å². The zero-order valence-corrected chi connectivity index (χ0v) is 9.04. The van der Waals surface area contributed by atoms with Gasteiger partial charge in [0.2, 0.25) is 0 Å². The summed E-state index contributed by atoms with van der Waals surface area (Å²) in [4.78, 5) is 0. The summed E-state index contributed by atoms with van der Waals surface area (Å²) in [6, 6.07) is 0. The zero-order valence-electron chi connectivity index (χ0n) is 9.04. The Hall–Kier alpha value is -0.0800. The van der Waals surface area contributed by atoms with Gasteiger partial charge in [-0.1, -0.05) is 19.3 Å². The van der Waals surface area contributed by atoms with Crippen LogP contribution >= 0.6 is 0 Å². The summed E-state index contributed by atoms with van der Waals surface area (Å²) in [6.45, 7) is 2.32. The van der Waals surface area contributed by atoms with Gasteiger partial charge >= 0.3 is 0 Å². The van der Waals surface area contributed by atoms with Gasteiger partial charge in [0.15, 0.2) is 0 Å². The number of nitrogens with one attached hydrogen (secondary N) is 1. The van der Waals surface area contributed by atoms with E-state index in [9.17, 15) is 5.11 Å². The van der Waals surface area contributed by atoms with Crippen molar-refractivity contribution in [3.8, 4) is 0 Å². The lowest BCUT2D eigenvalue weighted by molar-refractivity contribution is 0.101. The fourth-order valence-corrected chi connectivity index (χ4v) is 2.47. The van der Waals surface area contributed by atoms with E-state index in [-0.39, 0.29) is 6.10 Å². The van der Waals surface area contributed by atoms with Gasteiger partial charge in [0.25, 0.3) is 0 Å². The van der Waals surface area contributed by atoms with E-state index in [1.165, 1.54) is 38.6 Å². The summed E-state index contributed by atoms with van der Waals surface area (Å²) in [7, 11) is 0. The van der Waals surface area contributed by atoms with E-state index in [0.29, 0.717) is 0 Å². The van der Waals surface area contributed by atoms with Crippen LogP contribution in [0.15, 0.2) is 0 Å². The molecule has 0 saturated heterocycles. The van der Waals surface area contributed by atoms with E-state index < -0.39 is 0 Å². The molecule has 2 saturated carbocycles. The quantitative estimate of drug-likeness (QED) is 0.660. The second kappa shape index (κ2) is 5.13. The lowest BCUT2D eigenvalue weighted by Gasteiger charge is -2.25. The third-order valence-electron chi connectivity index (χ3n) is 3.61. The molecule has 0 aromatic carbocycles. The van der Waals surface area contributed by atoms with Gasteiger partial charge in [-0.15, -0.1) is 0 Å². The zero-order chi connectivity index (χ0) is 9.80. The molecule has 2 unspecified atom stereocenters. The Labute approximate surface area is 87.1 Å². The van der Waals surface area contributed by atoms with Crippen LogP contribution in [-0.4, -0.2) is 24.3 Å². The smallest absolute Gasteiger partial charge is 0.0543 e. The summed E-state index contributed by atoms with van der Waals surface area (Å²) >= 11 is 0. The third-order valence-corrected chi connectivity index (χ3v) is 3.61. The van der Waals surface area contributed by atoms with E-state index in [4.69, 9.17) is 0 Å². The Morgan fingerprint density at radius 3 is 2.64 bits per heavy atom. The molecule has 0 amide bonds. The normalized spacial score (nSPS) is 33.2. The standard InChI is InChI=1S/C12H23NO/c14-12-3-1-2-11(8-12)9-13-7-6-10-4-5-10/h10-14H,1-9H2. The summed E-state index contributed by atoms with van der Waals surface area (Å²) in [6.07, 6.45) is 8.86. The Morgan fingerprint density at radius 1 is 1.07 bits per heavy atom. The Morgan fingerprint density at radius 2 is 1.93 bits per heavy atom. The minimum absolute atomic E-state index is 0.0148. The number of rotatable bonds is 5. The molecule has 2 nitrogen and oxygen atoms in total. The average Bonchev–Trinajstić information content (AvgIpc) is 2.96. The fourth-order valence-electron chi connectivity index (χ4n) is 2.47. The van der Waals surface area contributed by atoms with Gasteiger partial charge in [-0.25, -0.2) is 0 Å². The first-order chi connectivity index (χ1) is 6.84. The van der Waals surface area contributed by atoms with Crippen LogP contribution in [0.5, 0.6) is 0 Å². The van der Waals surface area contributed by atoms with Crippen molar-refractivity contribution >= 4 is 0 Å². The topological polar surface area (TPSA) is 32.3 Å². The third kappa shape index (κ3) is 3.58. The minimum atomic E-state index is -0.0148. The van der Waals surface area contributed by atoms with Gasteiger partial charge in [0, 0.05) is 0 Å². The molecule has 0 bridgehead atoms. The van der Waals surface area contributed by atoms with Crippen molar-refractivity contribution in [3.05, 3.63) is 0 Å². The predicted molar refractivity (Wildman–Crippen MR) is 58.2 cm³/mol. The fraction of sp³-hybridized carbons (Fsp3) is 1.00. The number of hydrogen-bond acceptors (Lipinski definition) is 2. The summed E-state index contributed by atoms with van der Waals surface area (Å²) in [5.74, 6) is 1.78. The molecule has 2 atom stereocenters. The molecule has 14 heavy (non-hydrogen) atoms. The molecule has 0 aromatic heterocycles. The Bertz CT molecular complexity index is 168. The average molecular weight is 197 g/mol. The van der Waals surface area contributed by atoms with Crippen molar-refractivity contribution in [2.45, 2.75) is 51.0 Å². The molecule has 0 radical (unpaired) electrons. The second-order valence-electron chi connectivity index (χ2n) is 5.12.